The second-order valence-corrected chi connectivity index (χ2v) is 4.75. The van der Waals surface area contributed by atoms with E-state index in [4.69, 9.17) is 5.73 Å². The van der Waals surface area contributed by atoms with E-state index < -0.39 is 11.6 Å². The first kappa shape index (κ1) is 14.3. The van der Waals surface area contributed by atoms with Crippen molar-refractivity contribution in [3.05, 3.63) is 59.7 Å². The Morgan fingerprint density at radius 2 is 1.90 bits per heavy atom. The predicted molar refractivity (Wildman–Crippen MR) is 78.6 cm³/mol. The molecule has 0 bridgehead atoms. The molecule has 0 radical (unpaired) electrons. The van der Waals surface area contributed by atoms with Gasteiger partial charge in [-0.2, -0.15) is 0 Å². The van der Waals surface area contributed by atoms with Crippen LogP contribution in [0.4, 0.5) is 20.2 Å². The average molecular weight is 276 g/mol. The van der Waals surface area contributed by atoms with Gasteiger partial charge in [-0.05, 0) is 42.8 Å². The fraction of sp³-hybridized carbons (Fsp3) is 0.250. The summed E-state index contributed by atoms with van der Waals surface area (Å²) < 4.78 is 27.0. The van der Waals surface area contributed by atoms with Crippen LogP contribution < -0.4 is 10.6 Å². The van der Waals surface area contributed by atoms with Gasteiger partial charge in [0.15, 0.2) is 0 Å². The molecule has 0 saturated carbocycles. The average Bonchev–Trinajstić information content (AvgIpc) is 2.42. The van der Waals surface area contributed by atoms with Crippen LogP contribution in [0.5, 0.6) is 0 Å². The number of rotatable bonds is 5. The van der Waals surface area contributed by atoms with Gasteiger partial charge in [0.2, 0.25) is 0 Å². The van der Waals surface area contributed by atoms with Crippen LogP contribution in [0.3, 0.4) is 0 Å². The van der Waals surface area contributed by atoms with Gasteiger partial charge >= 0.3 is 0 Å². The van der Waals surface area contributed by atoms with Crippen molar-refractivity contribution in [3.63, 3.8) is 0 Å². The van der Waals surface area contributed by atoms with Crippen LogP contribution in [0.15, 0.2) is 42.5 Å². The molecule has 0 atom stereocenters. The minimum Gasteiger partial charge on any atom is -0.399 e. The lowest BCUT2D eigenvalue weighted by atomic mass is 10.1. The van der Waals surface area contributed by atoms with Gasteiger partial charge < -0.3 is 10.6 Å². The summed E-state index contributed by atoms with van der Waals surface area (Å²) in [7, 11) is 0. The fourth-order valence-electron chi connectivity index (χ4n) is 2.16. The van der Waals surface area contributed by atoms with Crippen molar-refractivity contribution in [1.29, 1.82) is 0 Å². The zero-order valence-electron chi connectivity index (χ0n) is 11.4. The summed E-state index contributed by atoms with van der Waals surface area (Å²) in [4.78, 5) is 1.99. The van der Waals surface area contributed by atoms with Gasteiger partial charge in [-0.25, -0.2) is 8.78 Å². The van der Waals surface area contributed by atoms with Gasteiger partial charge in [0.05, 0.1) is 0 Å². The largest absolute Gasteiger partial charge is 0.399 e. The zero-order chi connectivity index (χ0) is 14.5. The molecule has 0 aliphatic rings. The lowest BCUT2D eigenvalue weighted by molar-refractivity contribution is 0.580. The molecule has 2 nitrogen and oxygen atoms in total. The van der Waals surface area contributed by atoms with E-state index in [-0.39, 0.29) is 0 Å². The molecule has 0 aliphatic carbocycles. The van der Waals surface area contributed by atoms with Gasteiger partial charge in [-0.1, -0.05) is 13.0 Å². The van der Waals surface area contributed by atoms with E-state index in [0.29, 0.717) is 17.8 Å². The molecule has 2 N–H and O–H groups in total. The monoisotopic (exact) mass is 276 g/mol. The van der Waals surface area contributed by atoms with Crippen molar-refractivity contribution in [2.24, 2.45) is 0 Å². The Hall–Kier alpha value is -2.10. The first-order valence-electron chi connectivity index (χ1n) is 6.64. The number of benzene rings is 2. The molecule has 2 rings (SSSR count). The molecule has 0 unspecified atom stereocenters. The first-order valence-corrected chi connectivity index (χ1v) is 6.64. The smallest absolute Gasteiger partial charge is 0.128 e. The molecule has 4 heteroatoms. The standard InChI is InChI=1S/C16H18F2N2/c1-2-8-20(15-5-3-4-14(19)10-15)11-12-9-13(17)6-7-16(12)18/h3-7,9-10H,2,8,11,19H2,1H3. The SMILES string of the molecule is CCCN(Cc1cc(F)ccc1F)c1cccc(N)c1. The molecular formula is C16H18F2N2. The topological polar surface area (TPSA) is 29.3 Å². The van der Waals surface area contributed by atoms with Gasteiger partial charge in [-0.3, -0.25) is 0 Å². The highest BCUT2D eigenvalue weighted by Gasteiger charge is 2.11. The molecule has 0 amide bonds. The van der Waals surface area contributed by atoms with Crippen molar-refractivity contribution in [3.8, 4) is 0 Å². The van der Waals surface area contributed by atoms with Crippen LogP contribution in [0.2, 0.25) is 0 Å². The number of halogens is 2. The van der Waals surface area contributed by atoms with Gasteiger partial charge in [0.1, 0.15) is 11.6 Å². The maximum Gasteiger partial charge on any atom is 0.128 e. The van der Waals surface area contributed by atoms with Gasteiger partial charge in [-0.15, -0.1) is 0 Å². The summed E-state index contributed by atoms with van der Waals surface area (Å²) in [5.41, 5.74) is 7.70. The minimum absolute atomic E-state index is 0.320. The summed E-state index contributed by atoms with van der Waals surface area (Å²) in [5.74, 6) is -0.818. The van der Waals surface area contributed by atoms with E-state index in [1.165, 1.54) is 6.07 Å². The summed E-state index contributed by atoms with van der Waals surface area (Å²) in [5, 5.41) is 0. The van der Waals surface area contributed by atoms with E-state index >= 15 is 0 Å². The number of nitrogens with zero attached hydrogens (tertiary/aromatic N) is 1. The molecule has 106 valence electrons. The number of hydrogen-bond acceptors (Lipinski definition) is 2. The maximum atomic E-state index is 13.7. The Morgan fingerprint density at radius 1 is 1.10 bits per heavy atom. The van der Waals surface area contributed by atoms with Crippen molar-refractivity contribution >= 4 is 11.4 Å². The molecule has 0 saturated heterocycles. The van der Waals surface area contributed by atoms with Gasteiger partial charge in [0.25, 0.3) is 0 Å². The molecule has 0 aromatic heterocycles. The number of anilines is 2. The second-order valence-electron chi connectivity index (χ2n) is 4.75. The van der Waals surface area contributed by atoms with Crippen molar-refractivity contribution in [1.82, 2.24) is 0 Å². The third-order valence-corrected chi connectivity index (χ3v) is 3.10. The van der Waals surface area contributed by atoms with E-state index in [2.05, 4.69) is 0 Å². The van der Waals surface area contributed by atoms with E-state index in [1.807, 2.05) is 30.0 Å². The molecule has 2 aromatic rings. The van der Waals surface area contributed by atoms with Crippen LogP contribution in [-0.4, -0.2) is 6.54 Å². The molecular weight excluding hydrogens is 258 g/mol. The highest BCUT2D eigenvalue weighted by atomic mass is 19.1. The van der Waals surface area contributed by atoms with Crippen LogP contribution in [0.1, 0.15) is 18.9 Å². The van der Waals surface area contributed by atoms with E-state index in [1.54, 1.807) is 6.07 Å². The maximum absolute atomic E-state index is 13.7. The normalized spacial score (nSPS) is 10.6. The van der Waals surface area contributed by atoms with Crippen LogP contribution in [0.25, 0.3) is 0 Å². The Labute approximate surface area is 117 Å². The summed E-state index contributed by atoms with van der Waals surface area (Å²) >= 11 is 0. The second kappa shape index (κ2) is 6.37. The van der Waals surface area contributed by atoms with E-state index in [0.717, 1.165) is 30.8 Å². The van der Waals surface area contributed by atoms with Crippen LogP contribution >= 0.6 is 0 Å². The van der Waals surface area contributed by atoms with E-state index in [9.17, 15) is 8.78 Å². The van der Waals surface area contributed by atoms with Gasteiger partial charge in [0, 0.05) is 30.0 Å². The fourth-order valence-corrected chi connectivity index (χ4v) is 2.16. The lowest BCUT2D eigenvalue weighted by Gasteiger charge is -2.25. The Kier molecular flexibility index (Phi) is 4.56. The lowest BCUT2D eigenvalue weighted by Crippen LogP contribution is -2.24. The third kappa shape index (κ3) is 3.47. The Bertz CT molecular complexity index is 584. The number of hydrogen-bond donors (Lipinski definition) is 1. The first-order chi connectivity index (χ1) is 9.60. The van der Waals surface area contributed by atoms with Crippen LogP contribution in [-0.2, 0) is 6.54 Å². The summed E-state index contributed by atoms with van der Waals surface area (Å²) in [6, 6.07) is 10.9. The highest BCUT2D eigenvalue weighted by molar-refractivity contribution is 5.56. The highest BCUT2D eigenvalue weighted by Crippen LogP contribution is 2.21. The summed E-state index contributed by atoms with van der Waals surface area (Å²) in [6.45, 7) is 3.11. The molecule has 0 fully saturated rings. The Morgan fingerprint density at radius 3 is 2.60 bits per heavy atom. The molecule has 0 aliphatic heterocycles. The molecule has 20 heavy (non-hydrogen) atoms. The molecule has 2 aromatic carbocycles. The minimum atomic E-state index is -0.426. The molecule has 0 heterocycles. The third-order valence-electron chi connectivity index (χ3n) is 3.10. The van der Waals surface area contributed by atoms with Crippen molar-refractivity contribution < 1.29 is 8.78 Å². The van der Waals surface area contributed by atoms with Crippen molar-refractivity contribution in [2.75, 3.05) is 17.2 Å². The zero-order valence-corrected chi connectivity index (χ0v) is 11.4. The molecule has 0 spiro atoms. The Balaban J connectivity index is 2.27. The number of nitrogens with two attached hydrogens (primary N) is 1. The quantitative estimate of drug-likeness (QED) is 0.837. The number of nitrogen functional groups attached to an aromatic ring is 1. The van der Waals surface area contributed by atoms with Crippen LogP contribution in [0, 0.1) is 11.6 Å². The van der Waals surface area contributed by atoms with Crippen molar-refractivity contribution in [2.45, 2.75) is 19.9 Å². The summed E-state index contributed by atoms with van der Waals surface area (Å²) in [6.07, 6.45) is 0.908. The predicted octanol–water partition coefficient (Wildman–Crippen LogP) is 3.96.